The molecule has 1 saturated heterocycles. The Hall–Kier alpha value is -3.48. The number of hydrogen-bond acceptors (Lipinski definition) is 7. The maximum Gasteiger partial charge on any atom is 0.471 e. The molecule has 3 unspecified atom stereocenters. The summed E-state index contributed by atoms with van der Waals surface area (Å²) in [6.45, 7) is 1.35. The smallest absolute Gasteiger partial charge is 0.471 e. The molecule has 0 spiro atoms. The van der Waals surface area contributed by atoms with Crippen LogP contribution in [-0.4, -0.2) is 83.0 Å². The number of carbonyl (C=O) groups excluding carboxylic acids is 2. The maximum absolute atomic E-state index is 13.9. The summed E-state index contributed by atoms with van der Waals surface area (Å²) in [4.78, 5) is 36.1. The van der Waals surface area contributed by atoms with Crippen LogP contribution in [0.15, 0.2) is 36.7 Å². The van der Waals surface area contributed by atoms with Gasteiger partial charge in [0.15, 0.2) is 5.82 Å². The Morgan fingerprint density at radius 1 is 1.12 bits per heavy atom. The van der Waals surface area contributed by atoms with Gasteiger partial charge in [-0.1, -0.05) is 12.1 Å². The quantitative estimate of drug-likeness (QED) is 0.411. The lowest BCUT2D eigenvalue weighted by Gasteiger charge is -2.37. The van der Waals surface area contributed by atoms with Crippen LogP contribution in [0.4, 0.5) is 22.4 Å². The number of likely N-dealkylation sites (tertiary alicyclic amines) is 1. The van der Waals surface area contributed by atoms with E-state index in [1.54, 1.807) is 31.2 Å². The van der Waals surface area contributed by atoms with E-state index in [2.05, 4.69) is 9.97 Å². The Morgan fingerprint density at radius 2 is 1.81 bits per heavy atom. The van der Waals surface area contributed by atoms with Crippen LogP contribution in [0.3, 0.4) is 0 Å². The van der Waals surface area contributed by atoms with Crippen LogP contribution in [0.5, 0.6) is 5.75 Å². The predicted molar refractivity (Wildman–Crippen MR) is 141 cm³/mol. The van der Waals surface area contributed by atoms with Gasteiger partial charge in [-0.15, -0.1) is 0 Å². The molecular weight excluding hydrogens is 560 g/mol. The number of methoxy groups -OCH3 is 2. The molecular formula is C29H34F4N4O5. The van der Waals surface area contributed by atoms with Gasteiger partial charge < -0.3 is 19.1 Å². The van der Waals surface area contributed by atoms with Crippen molar-refractivity contribution in [2.24, 2.45) is 5.92 Å². The Bertz CT molecular complexity index is 1280. The molecule has 3 aliphatic rings. The van der Waals surface area contributed by atoms with E-state index in [0.717, 1.165) is 30.1 Å². The summed E-state index contributed by atoms with van der Waals surface area (Å²) in [7, 11) is 2.69. The van der Waals surface area contributed by atoms with E-state index in [0.29, 0.717) is 30.0 Å². The minimum Gasteiger partial charge on any atom is -0.497 e. The van der Waals surface area contributed by atoms with E-state index in [9.17, 15) is 27.2 Å². The average molecular weight is 595 g/mol. The second-order valence-corrected chi connectivity index (χ2v) is 11.4. The third-order valence-corrected chi connectivity index (χ3v) is 8.92. The number of rotatable bonds is 8. The lowest BCUT2D eigenvalue weighted by Crippen LogP contribution is -2.54. The molecule has 9 nitrogen and oxygen atoms in total. The molecule has 1 aromatic heterocycles. The predicted octanol–water partition coefficient (Wildman–Crippen LogP) is 4.64. The Labute approximate surface area is 241 Å². The van der Waals surface area contributed by atoms with Crippen molar-refractivity contribution in [3.8, 4) is 5.75 Å². The molecule has 13 heteroatoms. The number of alkyl halides is 3. The number of fused-ring (bicyclic) bond motifs is 1. The van der Waals surface area contributed by atoms with Crippen LogP contribution in [0.1, 0.15) is 50.4 Å². The lowest BCUT2D eigenvalue weighted by atomic mass is 9.86. The van der Waals surface area contributed by atoms with Crippen LogP contribution in [0.25, 0.3) is 0 Å². The largest absolute Gasteiger partial charge is 0.497 e. The highest BCUT2D eigenvalue weighted by atomic mass is 19.4. The number of nitrogens with zero attached hydrogens (tertiary/aromatic N) is 4. The number of benzene rings is 1. The third kappa shape index (κ3) is 5.88. The first-order valence-electron chi connectivity index (χ1n) is 13.9. The number of amides is 2. The van der Waals surface area contributed by atoms with Gasteiger partial charge in [0.25, 0.3) is 0 Å². The monoisotopic (exact) mass is 594 g/mol. The molecule has 228 valence electrons. The Morgan fingerprint density at radius 3 is 2.40 bits per heavy atom. The zero-order chi connectivity index (χ0) is 30.2. The summed E-state index contributed by atoms with van der Waals surface area (Å²) < 4.78 is 71.3. The topological polar surface area (TPSA) is 94.1 Å². The summed E-state index contributed by atoms with van der Waals surface area (Å²) in [5, 5.41) is 0. The fourth-order valence-corrected chi connectivity index (χ4v) is 6.70. The van der Waals surface area contributed by atoms with Crippen molar-refractivity contribution < 1.29 is 41.4 Å². The Kier molecular flexibility index (Phi) is 8.32. The maximum atomic E-state index is 13.9. The zero-order valence-corrected chi connectivity index (χ0v) is 23.6. The minimum absolute atomic E-state index is 0.0637. The van der Waals surface area contributed by atoms with Crippen molar-refractivity contribution in [1.29, 1.82) is 0 Å². The summed E-state index contributed by atoms with van der Waals surface area (Å²) in [5.74, 6) is -1.08. The molecule has 3 fully saturated rings. The van der Waals surface area contributed by atoms with E-state index < -0.39 is 42.1 Å². The van der Waals surface area contributed by atoms with E-state index in [1.807, 2.05) is 0 Å². The van der Waals surface area contributed by atoms with Crippen LogP contribution >= 0.6 is 0 Å². The number of hydrogen-bond donors (Lipinski definition) is 0. The second-order valence-electron chi connectivity index (χ2n) is 11.4. The molecule has 2 aliphatic carbocycles. The molecule has 2 amide bonds. The fourth-order valence-electron chi connectivity index (χ4n) is 6.70. The van der Waals surface area contributed by atoms with Gasteiger partial charge in [-0.3, -0.25) is 9.69 Å². The molecule has 6 atom stereocenters. The Balaban J connectivity index is 1.34. The molecule has 1 aromatic carbocycles. The van der Waals surface area contributed by atoms with E-state index >= 15 is 0 Å². The van der Waals surface area contributed by atoms with Crippen LogP contribution < -0.4 is 4.74 Å². The van der Waals surface area contributed by atoms with Crippen LogP contribution in [0, 0.1) is 11.7 Å². The second kappa shape index (κ2) is 11.7. The van der Waals surface area contributed by atoms with Gasteiger partial charge >= 0.3 is 18.2 Å². The van der Waals surface area contributed by atoms with Crippen LogP contribution in [-0.2, 0) is 26.2 Å². The van der Waals surface area contributed by atoms with Gasteiger partial charge in [-0.05, 0) is 62.6 Å². The molecule has 0 radical (unpaired) electrons. The molecule has 1 aliphatic heterocycles. The SMILES string of the molecule is COC(=O)N1[C@H](C)C[C@H](N(Cc2ccc(OC)cc2)C(=O)C(F)(F)F)[C@@H]1COC1CCC2(c3ncc(F)cn3)CC2C1. The molecule has 5 rings (SSSR count). The highest BCUT2D eigenvalue weighted by Gasteiger charge is 2.60. The highest BCUT2D eigenvalue weighted by Crippen LogP contribution is 2.61. The number of aromatic nitrogens is 2. The zero-order valence-electron chi connectivity index (χ0n) is 23.6. The van der Waals surface area contributed by atoms with Crippen molar-refractivity contribution >= 4 is 12.0 Å². The van der Waals surface area contributed by atoms with Gasteiger partial charge in [0, 0.05) is 18.0 Å². The minimum atomic E-state index is -5.11. The molecule has 2 heterocycles. The van der Waals surface area contributed by atoms with Gasteiger partial charge in [0.2, 0.25) is 0 Å². The fraction of sp³-hybridized carbons (Fsp3) is 0.586. The molecule has 0 N–H and O–H groups in total. The van der Waals surface area contributed by atoms with Crippen molar-refractivity contribution in [3.05, 3.63) is 53.9 Å². The van der Waals surface area contributed by atoms with Crippen molar-refractivity contribution in [1.82, 2.24) is 19.8 Å². The first-order chi connectivity index (χ1) is 20.0. The first-order valence-corrected chi connectivity index (χ1v) is 13.9. The van der Waals surface area contributed by atoms with Gasteiger partial charge in [-0.25, -0.2) is 19.2 Å². The summed E-state index contributed by atoms with van der Waals surface area (Å²) in [6, 6.07) is 4.12. The number of ether oxygens (including phenoxy) is 3. The third-order valence-electron chi connectivity index (χ3n) is 8.92. The van der Waals surface area contributed by atoms with Crippen molar-refractivity contribution in [3.63, 3.8) is 0 Å². The van der Waals surface area contributed by atoms with E-state index in [-0.39, 0.29) is 37.0 Å². The summed E-state index contributed by atoms with van der Waals surface area (Å²) in [5.41, 5.74) is 0.280. The number of halogens is 4. The van der Waals surface area contributed by atoms with Crippen LogP contribution in [0.2, 0.25) is 0 Å². The normalized spacial score (nSPS) is 28.6. The van der Waals surface area contributed by atoms with Crippen molar-refractivity contribution in [2.75, 3.05) is 20.8 Å². The number of carbonyl (C=O) groups is 2. The molecule has 2 saturated carbocycles. The standard InChI is InChI=1S/C29H34F4N4O5/c1-17-10-23(36(26(38)29(31,32)33)15-18-4-6-21(40-2)7-5-18)24(37(17)27(39)41-3)16-42-22-8-9-28(12-19(28)11-22)25-34-13-20(30)14-35-25/h4-7,13-14,17,19,22-24H,8-12,15-16H2,1-3H3/t17-,19?,22?,23+,24+,28?/m1/s1. The van der Waals surface area contributed by atoms with Gasteiger partial charge in [-0.2, -0.15) is 13.2 Å². The lowest BCUT2D eigenvalue weighted by molar-refractivity contribution is -0.189. The molecule has 2 aromatic rings. The first kappa shape index (κ1) is 30.0. The molecule has 0 bridgehead atoms. The van der Waals surface area contributed by atoms with E-state index in [4.69, 9.17) is 14.2 Å². The summed E-state index contributed by atoms with van der Waals surface area (Å²) >= 11 is 0. The van der Waals surface area contributed by atoms with Gasteiger partial charge in [0.1, 0.15) is 11.6 Å². The highest BCUT2D eigenvalue weighted by molar-refractivity contribution is 5.82. The average Bonchev–Trinajstić information content (AvgIpc) is 3.62. The van der Waals surface area contributed by atoms with Crippen molar-refractivity contribution in [2.45, 2.75) is 81.4 Å². The molecule has 42 heavy (non-hydrogen) atoms. The van der Waals surface area contributed by atoms with Gasteiger partial charge in [0.05, 0.1) is 51.4 Å². The van der Waals surface area contributed by atoms with E-state index in [1.165, 1.54) is 19.1 Å². The summed E-state index contributed by atoms with van der Waals surface area (Å²) in [6.07, 6.45) is -0.629.